The lowest BCUT2D eigenvalue weighted by molar-refractivity contribution is -0.128. The van der Waals surface area contributed by atoms with Crippen molar-refractivity contribution in [3.63, 3.8) is 0 Å². The van der Waals surface area contributed by atoms with E-state index in [4.69, 9.17) is 4.74 Å². The summed E-state index contributed by atoms with van der Waals surface area (Å²) >= 11 is 0. The maximum Gasteiger partial charge on any atom is 0.243 e. The minimum atomic E-state index is 0.177. The Morgan fingerprint density at radius 3 is 3.00 bits per heavy atom. The van der Waals surface area contributed by atoms with Gasteiger partial charge in [-0.25, -0.2) is 4.98 Å². The van der Waals surface area contributed by atoms with Gasteiger partial charge >= 0.3 is 0 Å². The molecule has 1 amide bonds. The Hall–Kier alpha value is -2.54. The van der Waals surface area contributed by atoms with Gasteiger partial charge < -0.3 is 15.0 Å². The van der Waals surface area contributed by atoms with Crippen molar-refractivity contribution in [1.29, 1.82) is 0 Å². The molecule has 1 aromatic carbocycles. The third-order valence-electron chi connectivity index (χ3n) is 4.39. The average molecular weight is 341 g/mol. The summed E-state index contributed by atoms with van der Waals surface area (Å²) in [6.45, 7) is 4.64. The summed E-state index contributed by atoms with van der Waals surface area (Å²) in [5, 5.41) is 11.3. The normalized spacial score (nSPS) is 17.1. The van der Waals surface area contributed by atoms with Gasteiger partial charge in [-0.15, -0.1) is 5.10 Å². The highest BCUT2D eigenvalue weighted by atomic mass is 16.5. The largest absolute Gasteiger partial charge is 0.383 e. The molecule has 0 saturated carbocycles. The molecular weight excluding hydrogens is 318 g/mol. The van der Waals surface area contributed by atoms with E-state index in [1.54, 1.807) is 13.3 Å². The maximum atomic E-state index is 12.0. The van der Waals surface area contributed by atoms with E-state index in [1.807, 2.05) is 36.1 Å². The molecule has 132 valence electrons. The van der Waals surface area contributed by atoms with Crippen LogP contribution in [0.25, 0.3) is 11.3 Å². The first kappa shape index (κ1) is 17.3. The van der Waals surface area contributed by atoms with Gasteiger partial charge in [0.1, 0.15) is 0 Å². The van der Waals surface area contributed by atoms with Gasteiger partial charge in [0.05, 0.1) is 18.5 Å². The number of anilines is 1. The van der Waals surface area contributed by atoms with Gasteiger partial charge in [-0.3, -0.25) is 4.79 Å². The van der Waals surface area contributed by atoms with Crippen LogP contribution in [0.3, 0.4) is 0 Å². The Morgan fingerprint density at radius 2 is 2.20 bits per heavy atom. The number of nitrogens with one attached hydrogen (secondary N) is 1. The quantitative estimate of drug-likeness (QED) is 0.826. The van der Waals surface area contributed by atoms with Gasteiger partial charge in [-0.05, 0) is 12.5 Å². The molecule has 1 aliphatic heterocycles. The van der Waals surface area contributed by atoms with Gasteiger partial charge in [0.25, 0.3) is 0 Å². The molecule has 25 heavy (non-hydrogen) atoms. The highest BCUT2D eigenvalue weighted by Gasteiger charge is 2.29. The molecular formula is C18H23N5O2. The van der Waals surface area contributed by atoms with E-state index in [-0.39, 0.29) is 11.8 Å². The van der Waals surface area contributed by atoms with Crippen LogP contribution in [-0.2, 0) is 9.53 Å². The number of aromatic nitrogens is 3. The minimum Gasteiger partial charge on any atom is -0.383 e. The number of nitrogens with zero attached hydrogens (tertiary/aromatic N) is 4. The van der Waals surface area contributed by atoms with Gasteiger partial charge in [-0.1, -0.05) is 24.3 Å². The summed E-state index contributed by atoms with van der Waals surface area (Å²) in [5.74, 6) is 0.912. The van der Waals surface area contributed by atoms with Crippen LogP contribution in [0, 0.1) is 12.8 Å². The van der Waals surface area contributed by atoms with E-state index in [2.05, 4.69) is 20.5 Å². The van der Waals surface area contributed by atoms with Crippen molar-refractivity contribution in [1.82, 2.24) is 20.1 Å². The molecule has 1 saturated heterocycles. The molecule has 3 rings (SSSR count). The number of methoxy groups -OCH3 is 1. The van der Waals surface area contributed by atoms with Crippen molar-refractivity contribution in [2.75, 3.05) is 38.7 Å². The Balaban J connectivity index is 1.60. The number of amides is 1. The second-order valence-corrected chi connectivity index (χ2v) is 6.26. The molecule has 2 aromatic rings. The first-order valence-electron chi connectivity index (χ1n) is 8.43. The third-order valence-corrected chi connectivity index (χ3v) is 4.39. The van der Waals surface area contributed by atoms with Crippen LogP contribution in [-0.4, -0.2) is 59.3 Å². The molecule has 1 unspecified atom stereocenters. The second kappa shape index (κ2) is 8.02. The second-order valence-electron chi connectivity index (χ2n) is 6.26. The number of benzene rings is 1. The summed E-state index contributed by atoms with van der Waals surface area (Å²) in [5.41, 5.74) is 2.98. The molecule has 0 aliphatic carbocycles. The summed E-state index contributed by atoms with van der Waals surface area (Å²) in [6.07, 6.45) is 2.21. The van der Waals surface area contributed by atoms with Gasteiger partial charge in [-0.2, -0.15) is 5.10 Å². The third kappa shape index (κ3) is 4.30. The zero-order chi connectivity index (χ0) is 17.6. The fourth-order valence-electron chi connectivity index (χ4n) is 3.01. The van der Waals surface area contributed by atoms with Crippen molar-refractivity contribution in [3.05, 3.63) is 36.0 Å². The van der Waals surface area contributed by atoms with Crippen LogP contribution in [0.5, 0.6) is 0 Å². The fraction of sp³-hybridized carbons (Fsp3) is 0.444. The molecule has 7 heteroatoms. The first-order chi connectivity index (χ1) is 12.2. The Labute approximate surface area is 147 Å². The zero-order valence-electron chi connectivity index (χ0n) is 14.6. The highest BCUT2D eigenvalue weighted by Crippen LogP contribution is 2.21. The van der Waals surface area contributed by atoms with Crippen molar-refractivity contribution < 1.29 is 9.53 Å². The molecule has 1 aromatic heterocycles. The van der Waals surface area contributed by atoms with E-state index >= 15 is 0 Å². The lowest BCUT2D eigenvalue weighted by Crippen LogP contribution is -2.29. The smallest absolute Gasteiger partial charge is 0.243 e. The lowest BCUT2D eigenvalue weighted by Gasteiger charge is -2.16. The van der Waals surface area contributed by atoms with Crippen molar-refractivity contribution in [3.8, 4) is 11.3 Å². The summed E-state index contributed by atoms with van der Waals surface area (Å²) < 4.78 is 5.04. The van der Waals surface area contributed by atoms with E-state index in [9.17, 15) is 4.79 Å². The van der Waals surface area contributed by atoms with Crippen LogP contribution in [0.1, 0.15) is 12.0 Å². The van der Waals surface area contributed by atoms with Crippen LogP contribution in [0.15, 0.2) is 30.5 Å². The standard InChI is InChI=1S/C18H23N5O2/c1-13-5-3-4-6-15(13)16-11-20-22-18(21-16)19-10-14-9-17(24)23(12-14)7-8-25-2/h3-6,11,14H,7-10,12H2,1-2H3,(H,19,21,22). The summed E-state index contributed by atoms with van der Waals surface area (Å²) in [4.78, 5) is 18.4. The molecule has 1 aliphatic rings. The van der Waals surface area contributed by atoms with Crippen LogP contribution >= 0.6 is 0 Å². The van der Waals surface area contributed by atoms with E-state index < -0.39 is 0 Å². The molecule has 1 atom stereocenters. The fourth-order valence-corrected chi connectivity index (χ4v) is 3.01. The van der Waals surface area contributed by atoms with Crippen LogP contribution in [0.4, 0.5) is 5.95 Å². The average Bonchev–Trinajstić information content (AvgIpc) is 2.98. The van der Waals surface area contributed by atoms with Gasteiger partial charge in [0, 0.05) is 44.6 Å². The predicted octanol–water partition coefficient (Wildman–Crippen LogP) is 1.75. The molecule has 2 heterocycles. The molecule has 0 radical (unpaired) electrons. The lowest BCUT2D eigenvalue weighted by atomic mass is 10.1. The molecule has 7 nitrogen and oxygen atoms in total. The zero-order valence-corrected chi connectivity index (χ0v) is 14.6. The number of rotatable bonds is 7. The number of hydrogen-bond donors (Lipinski definition) is 1. The highest BCUT2D eigenvalue weighted by molar-refractivity contribution is 5.78. The molecule has 1 fully saturated rings. The van der Waals surface area contributed by atoms with Gasteiger partial charge in [0.2, 0.25) is 11.9 Å². The summed E-state index contributed by atoms with van der Waals surface area (Å²) in [7, 11) is 1.64. The van der Waals surface area contributed by atoms with E-state index in [0.717, 1.165) is 23.4 Å². The van der Waals surface area contributed by atoms with Gasteiger partial charge in [0.15, 0.2) is 0 Å². The number of carbonyl (C=O) groups is 1. The van der Waals surface area contributed by atoms with Crippen LogP contribution < -0.4 is 5.32 Å². The maximum absolute atomic E-state index is 12.0. The molecule has 0 spiro atoms. The van der Waals surface area contributed by atoms with Crippen molar-refractivity contribution in [2.45, 2.75) is 13.3 Å². The van der Waals surface area contributed by atoms with E-state index in [1.165, 1.54) is 0 Å². The number of likely N-dealkylation sites (tertiary alicyclic amines) is 1. The topological polar surface area (TPSA) is 80.2 Å². The number of aryl methyl sites for hydroxylation is 1. The Morgan fingerprint density at radius 1 is 1.36 bits per heavy atom. The number of carbonyl (C=O) groups excluding carboxylic acids is 1. The first-order valence-corrected chi connectivity index (χ1v) is 8.43. The molecule has 1 N–H and O–H groups in total. The van der Waals surface area contributed by atoms with Crippen LogP contribution in [0.2, 0.25) is 0 Å². The number of hydrogen-bond acceptors (Lipinski definition) is 6. The minimum absolute atomic E-state index is 0.177. The predicted molar refractivity (Wildman–Crippen MR) is 95.1 cm³/mol. The van der Waals surface area contributed by atoms with Crippen molar-refractivity contribution in [2.24, 2.45) is 5.92 Å². The molecule has 0 bridgehead atoms. The van der Waals surface area contributed by atoms with E-state index in [0.29, 0.717) is 32.1 Å². The van der Waals surface area contributed by atoms with Crippen molar-refractivity contribution >= 4 is 11.9 Å². The Kier molecular flexibility index (Phi) is 5.55. The summed E-state index contributed by atoms with van der Waals surface area (Å²) in [6, 6.07) is 8.05. The Bertz CT molecular complexity index is 737. The number of ether oxygens (including phenoxy) is 1. The SMILES string of the molecule is COCCN1CC(CNc2nncc(-c3ccccc3C)n2)CC1=O. The monoisotopic (exact) mass is 341 g/mol.